The molecule has 0 atom stereocenters. The van der Waals surface area contributed by atoms with E-state index in [4.69, 9.17) is 0 Å². The zero-order valence-electron chi connectivity index (χ0n) is 9.09. The van der Waals surface area contributed by atoms with Crippen molar-refractivity contribution in [2.45, 2.75) is 12.7 Å². The molecule has 0 fully saturated rings. The molecule has 1 N–H and O–H groups in total. The van der Waals surface area contributed by atoms with E-state index in [0.717, 1.165) is 6.07 Å². The molecular formula is C9H9F3N6. The molecule has 0 unspecified atom stereocenters. The average molecular weight is 258 g/mol. The number of halogens is 3. The lowest BCUT2D eigenvalue weighted by molar-refractivity contribution is -0.141. The maximum absolute atomic E-state index is 12.2. The lowest BCUT2D eigenvalue weighted by Crippen LogP contribution is -2.14. The van der Waals surface area contributed by atoms with Gasteiger partial charge in [-0.05, 0) is 12.1 Å². The van der Waals surface area contributed by atoms with Crippen molar-refractivity contribution in [3.63, 3.8) is 0 Å². The maximum atomic E-state index is 12.2. The SMILES string of the molecule is FC(F)(F)c1ccc(NCCn2ccnn2)nn1. The van der Waals surface area contributed by atoms with Crippen LogP contribution in [0.25, 0.3) is 0 Å². The highest BCUT2D eigenvalue weighted by molar-refractivity contribution is 5.33. The van der Waals surface area contributed by atoms with Gasteiger partial charge in [0.25, 0.3) is 0 Å². The Labute approximate surface area is 99.8 Å². The summed E-state index contributed by atoms with van der Waals surface area (Å²) in [6.07, 6.45) is -1.25. The van der Waals surface area contributed by atoms with E-state index in [1.807, 2.05) is 0 Å². The molecule has 0 aliphatic heterocycles. The summed E-state index contributed by atoms with van der Waals surface area (Å²) in [7, 11) is 0. The molecule has 2 heterocycles. The number of aromatic nitrogens is 5. The number of anilines is 1. The molecule has 2 rings (SSSR count). The van der Waals surface area contributed by atoms with Crippen LogP contribution < -0.4 is 5.32 Å². The first-order valence-electron chi connectivity index (χ1n) is 5.04. The highest BCUT2D eigenvalue weighted by Crippen LogP contribution is 2.26. The highest BCUT2D eigenvalue weighted by Gasteiger charge is 2.32. The van der Waals surface area contributed by atoms with Gasteiger partial charge in [0.05, 0.1) is 12.7 Å². The van der Waals surface area contributed by atoms with E-state index < -0.39 is 11.9 Å². The van der Waals surface area contributed by atoms with Gasteiger partial charge >= 0.3 is 6.18 Å². The second kappa shape index (κ2) is 4.98. The first kappa shape index (κ1) is 12.3. The van der Waals surface area contributed by atoms with Gasteiger partial charge in [-0.15, -0.1) is 15.3 Å². The second-order valence-electron chi connectivity index (χ2n) is 3.39. The lowest BCUT2D eigenvalue weighted by Gasteiger charge is -2.07. The van der Waals surface area contributed by atoms with Crippen LogP contribution in [0.3, 0.4) is 0 Å². The van der Waals surface area contributed by atoms with Crippen molar-refractivity contribution < 1.29 is 13.2 Å². The molecule has 9 heteroatoms. The summed E-state index contributed by atoms with van der Waals surface area (Å²) >= 11 is 0. The molecule has 0 amide bonds. The van der Waals surface area contributed by atoms with E-state index in [1.165, 1.54) is 12.3 Å². The normalized spacial score (nSPS) is 11.5. The maximum Gasteiger partial charge on any atom is 0.435 e. The number of nitrogens with zero attached hydrogens (tertiary/aromatic N) is 5. The van der Waals surface area contributed by atoms with Crippen molar-refractivity contribution in [1.82, 2.24) is 25.2 Å². The van der Waals surface area contributed by atoms with Crippen LogP contribution in [0, 0.1) is 0 Å². The molecule has 0 bridgehead atoms. The quantitative estimate of drug-likeness (QED) is 0.892. The molecule has 0 radical (unpaired) electrons. The number of rotatable bonds is 4. The smallest absolute Gasteiger partial charge is 0.367 e. The first-order valence-corrected chi connectivity index (χ1v) is 5.04. The van der Waals surface area contributed by atoms with Gasteiger partial charge in [0.15, 0.2) is 5.69 Å². The summed E-state index contributed by atoms with van der Waals surface area (Å²) in [5, 5.41) is 16.7. The van der Waals surface area contributed by atoms with Crippen molar-refractivity contribution in [3.05, 3.63) is 30.2 Å². The summed E-state index contributed by atoms with van der Waals surface area (Å²) in [6.45, 7) is 0.992. The number of hydrogen-bond donors (Lipinski definition) is 1. The monoisotopic (exact) mass is 258 g/mol. The molecule has 18 heavy (non-hydrogen) atoms. The van der Waals surface area contributed by atoms with Crippen molar-refractivity contribution in [2.24, 2.45) is 0 Å². The molecule has 96 valence electrons. The standard InChI is InChI=1S/C9H9F3N6/c10-9(11,12)7-1-2-8(16-15-7)13-3-5-18-6-4-14-17-18/h1-2,4,6H,3,5H2,(H,13,16). The van der Waals surface area contributed by atoms with Gasteiger partial charge in [0.1, 0.15) is 5.82 Å². The van der Waals surface area contributed by atoms with E-state index in [1.54, 1.807) is 10.9 Å². The van der Waals surface area contributed by atoms with Gasteiger partial charge in [-0.25, -0.2) is 0 Å². The number of hydrogen-bond acceptors (Lipinski definition) is 5. The third-order valence-corrected chi connectivity index (χ3v) is 2.07. The Morgan fingerprint density at radius 3 is 2.61 bits per heavy atom. The predicted molar refractivity (Wildman–Crippen MR) is 55.5 cm³/mol. The Morgan fingerprint density at radius 1 is 1.22 bits per heavy atom. The highest BCUT2D eigenvalue weighted by atomic mass is 19.4. The Kier molecular flexibility index (Phi) is 3.40. The molecule has 2 aromatic heterocycles. The largest absolute Gasteiger partial charge is 0.435 e. The molecule has 0 aliphatic rings. The molecular weight excluding hydrogens is 249 g/mol. The van der Waals surface area contributed by atoms with Crippen LogP contribution in [0.15, 0.2) is 24.5 Å². The minimum atomic E-state index is -4.47. The Bertz CT molecular complexity index is 478. The Hall–Kier alpha value is -2.19. The van der Waals surface area contributed by atoms with Crippen LogP contribution >= 0.6 is 0 Å². The molecule has 0 saturated heterocycles. The lowest BCUT2D eigenvalue weighted by atomic mass is 10.4. The van der Waals surface area contributed by atoms with Crippen LogP contribution in [0.2, 0.25) is 0 Å². The van der Waals surface area contributed by atoms with E-state index >= 15 is 0 Å². The fourth-order valence-corrected chi connectivity index (χ4v) is 1.23. The Balaban J connectivity index is 1.87. The minimum absolute atomic E-state index is 0.281. The molecule has 0 aliphatic carbocycles. The average Bonchev–Trinajstić information content (AvgIpc) is 2.82. The van der Waals surface area contributed by atoms with Gasteiger partial charge in [-0.3, -0.25) is 4.68 Å². The van der Waals surface area contributed by atoms with Gasteiger partial charge in [0.2, 0.25) is 0 Å². The number of alkyl halides is 3. The zero-order chi connectivity index (χ0) is 13.0. The predicted octanol–water partition coefficient (Wildman–Crippen LogP) is 1.20. The topological polar surface area (TPSA) is 68.5 Å². The van der Waals surface area contributed by atoms with Crippen molar-refractivity contribution in [2.75, 3.05) is 11.9 Å². The van der Waals surface area contributed by atoms with Crippen LogP contribution in [0.5, 0.6) is 0 Å². The molecule has 6 nitrogen and oxygen atoms in total. The van der Waals surface area contributed by atoms with E-state index in [9.17, 15) is 13.2 Å². The Morgan fingerprint density at radius 2 is 2.06 bits per heavy atom. The third kappa shape index (κ3) is 3.15. The zero-order valence-corrected chi connectivity index (χ0v) is 9.09. The van der Waals surface area contributed by atoms with Crippen molar-refractivity contribution in [3.8, 4) is 0 Å². The fourth-order valence-electron chi connectivity index (χ4n) is 1.23. The summed E-state index contributed by atoms with van der Waals surface area (Å²) < 4.78 is 38.2. The van der Waals surface area contributed by atoms with Crippen LogP contribution in [-0.2, 0) is 12.7 Å². The fraction of sp³-hybridized carbons (Fsp3) is 0.333. The molecule has 0 spiro atoms. The second-order valence-corrected chi connectivity index (χ2v) is 3.39. The van der Waals surface area contributed by atoms with E-state index in [2.05, 4.69) is 25.8 Å². The van der Waals surface area contributed by atoms with E-state index in [-0.39, 0.29) is 5.82 Å². The summed E-state index contributed by atoms with van der Waals surface area (Å²) in [4.78, 5) is 0. The number of nitrogens with one attached hydrogen (secondary N) is 1. The van der Waals surface area contributed by atoms with Crippen molar-refractivity contribution >= 4 is 5.82 Å². The van der Waals surface area contributed by atoms with Gasteiger partial charge in [-0.1, -0.05) is 5.21 Å². The molecule has 2 aromatic rings. The third-order valence-electron chi connectivity index (χ3n) is 2.07. The van der Waals surface area contributed by atoms with Crippen LogP contribution in [-0.4, -0.2) is 31.7 Å². The van der Waals surface area contributed by atoms with E-state index in [0.29, 0.717) is 13.1 Å². The van der Waals surface area contributed by atoms with Crippen molar-refractivity contribution in [1.29, 1.82) is 0 Å². The summed E-state index contributed by atoms with van der Waals surface area (Å²) in [6, 6.07) is 2.11. The summed E-state index contributed by atoms with van der Waals surface area (Å²) in [5.41, 5.74) is -1.01. The van der Waals surface area contributed by atoms with Gasteiger partial charge in [0, 0.05) is 12.7 Å². The van der Waals surface area contributed by atoms with Crippen LogP contribution in [0.1, 0.15) is 5.69 Å². The molecule has 0 aromatic carbocycles. The van der Waals surface area contributed by atoms with Gasteiger partial charge < -0.3 is 5.32 Å². The van der Waals surface area contributed by atoms with Crippen LogP contribution in [0.4, 0.5) is 19.0 Å². The first-order chi connectivity index (χ1) is 8.55. The molecule has 0 saturated carbocycles. The summed E-state index contributed by atoms with van der Waals surface area (Å²) in [5.74, 6) is 0.281. The van der Waals surface area contributed by atoms with Gasteiger partial charge in [-0.2, -0.15) is 13.2 Å². The minimum Gasteiger partial charge on any atom is -0.367 e.